The Kier molecular flexibility index (Phi) is 2.38. The smallest absolute Gasteiger partial charge is 0.195 e. The fourth-order valence-corrected chi connectivity index (χ4v) is 1.03. The third-order valence-corrected chi connectivity index (χ3v) is 1.76. The quantitative estimate of drug-likeness (QED) is 0.530. The highest BCUT2D eigenvalue weighted by Gasteiger charge is 2.26. The first-order valence-electron chi connectivity index (χ1n) is 4.04. The number of ketones is 1. The Morgan fingerprint density at radius 1 is 1.38 bits per heavy atom. The molecule has 13 heavy (non-hydrogen) atoms. The van der Waals surface area contributed by atoms with Crippen LogP contribution in [-0.2, 0) is 0 Å². The number of nitrogens with two attached hydrogens (primary N) is 1. The van der Waals surface area contributed by atoms with Crippen molar-refractivity contribution in [3.63, 3.8) is 0 Å². The van der Waals surface area contributed by atoms with Crippen LogP contribution in [0.2, 0.25) is 0 Å². The molecule has 0 spiro atoms. The highest BCUT2D eigenvalue weighted by molar-refractivity contribution is 6.05. The minimum absolute atomic E-state index is 0.356. The molecule has 0 radical (unpaired) electrons. The van der Waals surface area contributed by atoms with Gasteiger partial charge in [0, 0.05) is 11.3 Å². The second kappa shape index (κ2) is 3.18. The molecule has 0 fully saturated rings. The Hall–Kier alpha value is -1.35. The van der Waals surface area contributed by atoms with Crippen LogP contribution in [-0.4, -0.2) is 16.5 Å². The molecule has 0 aromatic heterocycles. The summed E-state index contributed by atoms with van der Waals surface area (Å²) in [5.74, 6) is -0.356. The van der Waals surface area contributed by atoms with Crippen LogP contribution >= 0.6 is 0 Å². The van der Waals surface area contributed by atoms with Crippen LogP contribution in [0.4, 0.5) is 5.69 Å². The second-order valence-corrected chi connectivity index (χ2v) is 3.48. The number of benzene rings is 1. The zero-order valence-electron chi connectivity index (χ0n) is 7.74. The number of Topliss-reactive ketones (excluding diaryl/α,β-unsaturated/α-hetero) is 1. The number of carbonyl (C=O) groups excluding carboxylic acids is 1. The van der Waals surface area contributed by atoms with Crippen molar-refractivity contribution in [3.8, 4) is 0 Å². The largest absolute Gasteiger partial charge is 0.398 e. The zero-order chi connectivity index (χ0) is 10.1. The summed E-state index contributed by atoms with van der Waals surface area (Å²) in [6.07, 6.45) is 0. The Morgan fingerprint density at radius 2 is 1.92 bits per heavy atom. The van der Waals surface area contributed by atoms with Crippen molar-refractivity contribution in [2.24, 2.45) is 0 Å². The second-order valence-electron chi connectivity index (χ2n) is 3.48. The van der Waals surface area contributed by atoms with Crippen molar-refractivity contribution in [3.05, 3.63) is 29.8 Å². The van der Waals surface area contributed by atoms with Crippen molar-refractivity contribution in [2.75, 3.05) is 5.73 Å². The van der Waals surface area contributed by atoms with Gasteiger partial charge in [0.1, 0.15) is 5.60 Å². The van der Waals surface area contributed by atoms with E-state index in [1.807, 2.05) is 0 Å². The fraction of sp³-hybridized carbons (Fsp3) is 0.300. The molecule has 0 aliphatic carbocycles. The van der Waals surface area contributed by atoms with Gasteiger partial charge in [-0.1, -0.05) is 12.1 Å². The number of aliphatic hydroxyl groups is 1. The summed E-state index contributed by atoms with van der Waals surface area (Å²) in [5.41, 5.74) is 4.99. The lowest BCUT2D eigenvalue weighted by Crippen LogP contribution is -2.31. The summed E-state index contributed by atoms with van der Waals surface area (Å²) in [6, 6.07) is 6.71. The minimum Gasteiger partial charge on any atom is -0.398 e. The van der Waals surface area contributed by atoms with Crippen LogP contribution in [0, 0.1) is 0 Å². The molecular formula is C10H13NO2. The van der Waals surface area contributed by atoms with E-state index in [0.29, 0.717) is 11.3 Å². The van der Waals surface area contributed by atoms with Crippen molar-refractivity contribution in [2.45, 2.75) is 19.4 Å². The monoisotopic (exact) mass is 179 g/mol. The fourth-order valence-electron chi connectivity index (χ4n) is 1.03. The topological polar surface area (TPSA) is 63.3 Å². The molecule has 3 heteroatoms. The molecule has 0 atom stereocenters. The molecule has 0 amide bonds. The van der Waals surface area contributed by atoms with Gasteiger partial charge in [-0.3, -0.25) is 4.79 Å². The van der Waals surface area contributed by atoms with Gasteiger partial charge in [-0.05, 0) is 26.0 Å². The standard InChI is InChI=1S/C10H13NO2/c1-10(2,13)9(12)7-5-3-4-6-8(7)11/h3-6,13H,11H2,1-2H3. The van der Waals surface area contributed by atoms with Crippen LogP contribution < -0.4 is 5.73 Å². The van der Waals surface area contributed by atoms with Crippen LogP contribution in [0.1, 0.15) is 24.2 Å². The molecule has 3 nitrogen and oxygen atoms in total. The van der Waals surface area contributed by atoms with E-state index in [0.717, 1.165) is 0 Å². The number of hydrogen-bond acceptors (Lipinski definition) is 3. The van der Waals surface area contributed by atoms with Gasteiger partial charge in [0.05, 0.1) is 0 Å². The van der Waals surface area contributed by atoms with E-state index in [2.05, 4.69) is 0 Å². The Balaban J connectivity index is 3.10. The molecule has 1 aromatic rings. The molecule has 70 valence electrons. The predicted molar refractivity (Wildman–Crippen MR) is 51.5 cm³/mol. The first-order valence-corrected chi connectivity index (χ1v) is 4.04. The molecule has 0 aliphatic rings. The Labute approximate surface area is 77.2 Å². The summed E-state index contributed by atoms with van der Waals surface area (Å²) in [7, 11) is 0. The predicted octanol–water partition coefficient (Wildman–Crippen LogP) is 1.22. The van der Waals surface area contributed by atoms with Gasteiger partial charge in [-0.15, -0.1) is 0 Å². The summed E-state index contributed by atoms with van der Waals surface area (Å²) >= 11 is 0. The summed E-state index contributed by atoms with van der Waals surface area (Å²) in [6.45, 7) is 2.89. The maximum absolute atomic E-state index is 11.6. The van der Waals surface area contributed by atoms with Gasteiger partial charge in [-0.2, -0.15) is 0 Å². The molecule has 0 aliphatic heterocycles. The molecule has 0 bridgehead atoms. The van der Waals surface area contributed by atoms with E-state index in [9.17, 15) is 9.90 Å². The molecule has 1 aromatic carbocycles. The van der Waals surface area contributed by atoms with E-state index < -0.39 is 5.60 Å². The van der Waals surface area contributed by atoms with Crippen molar-refractivity contribution >= 4 is 11.5 Å². The summed E-state index contributed by atoms with van der Waals surface area (Å²) in [5, 5.41) is 9.46. The average molecular weight is 179 g/mol. The van der Waals surface area contributed by atoms with Crippen LogP contribution in [0.3, 0.4) is 0 Å². The Morgan fingerprint density at radius 3 is 2.38 bits per heavy atom. The first-order chi connectivity index (χ1) is 5.93. The van der Waals surface area contributed by atoms with E-state index in [1.165, 1.54) is 13.8 Å². The first kappa shape index (κ1) is 9.74. The van der Waals surface area contributed by atoms with Gasteiger partial charge in [-0.25, -0.2) is 0 Å². The molecule has 0 saturated heterocycles. The van der Waals surface area contributed by atoms with Gasteiger partial charge < -0.3 is 10.8 Å². The lowest BCUT2D eigenvalue weighted by atomic mass is 9.96. The lowest BCUT2D eigenvalue weighted by Gasteiger charge is -2.16. The SMILES string of the molecule is CC(C)(O)C(=O)c1ccccc1N. The molecular weight excluding hydrogens is 166 g/mol. The zero-order valence-corrected chi connectivity index (χ0v) is 7.74. The summed E-state index contributed by atoms with van der Waals surface area (Å²) < 4.78 is 0. The Bertz CT molecular complexity index is 326. The van der Waals surface area contributed by atoms with Crippen molar-refractivity contribution in [1.29, 1.82) is 0 Å². The van der Waals surface area contributed by atoms with E-state index in [-0.39, 0.29) is 5.78 Å². The number of carbonyl (C=O) groups is 1. The van der Waals surface area contributed by atoms with Crippen molar-refractivity contribution < 1.29 is 9.90 Å². The molecule has 1 rings (SSSR count). The molecule has 0 saturated carbocycles. The molecule has 0 heterocycles. The van der Waals surface area contributed by atoms with Crippen LogP contribution in [0.5, 0.6) is 0 Å². The van der Waals surface area contributed by atoms with E-state index in [1.54, 1.807) is 24.3 Å². The summed E-state index contributed by atoms with van der Waals surface area (Å²) in [4.78, 5) is 11.6. The minimum atomic E-state index is -1.37. The maximum Gasteiger partial charge on any atom is 0.195 e. The highest BCUT2D eigenvalue weighted by atomic mass is 16.3. The third-order valence-electron chi connectivity index (χ3n) is 1.76. The van der Waals surface area contributed by atoms with Gasteiger partial charge in [0.15, 0.2) is 5.78 Å². The molecule has 3 N–H and O–H groups in total. The van der Waals surface area contributed by atoms with Crippen molar-refractivity contribution in [1.82, 2.24) is 0 Å². The van der Waals surface area contributed by atoms with Crippen LogP contribution in [0.25, 0.3) is 0 Å². The molecule has 0 unspecified atom stereocenters. The number of hydrogen-bond donors (Lipinski definition) is 2. The van der Waals surface area contributed by atoms with Gasteiger partial charge >= 0.3 is 0 Å². The van der Waals surface area contributed by atoms with E-state index >= 15 is 0 Å². The normalized spacial score (nSPS) is 11.3. The van der Waals surface area contributed by atoms with Gasteiger partial charge in [0.2, 0.25) is 0 Å². The third kappa shape index (κ3) is 2.06. The van der Waals surface area contributed by atoms with Crippen LogP contribution in [0.15, 0.2) is 24.3 Å². The maximum atomic E-state index is 11.6. The highest BCUT2D eigenvalue weighted by Crippen LogP contribution is 2.17. The number of nitrogen functional groups attached to an aromatic ring is 1. The number of anilines is 1. The van der Waals surface area contributed by atoms with E-state index in [4.69, 9.17) is 5.73 Å². The average Bonchev–Trinajstić information content (AvgIpc) is 2.02. The number of para-hydroxylation sites is 1. The van der Waals surface area contributed by atoms with Gasteiger partial charge in [0.25, 0.3) is 0 Å². The lowest BCUT2D eigenvalue weighted by molar-refractivity contribution is 0.0489. The number of rotatable bonds is 2.